The normalized spacial score (nSPS) is 10.7. The van der Waals surface area contributed by atoms with Crippen molar-refractivity contribution < 1.29 is 14.1 Å². The fraction of sp³-hybridized carbons (Fsp3) is 0.235. The van der Waals surface area contributed by atoms with Crippen LogP contribution in [0.3, 0.4) is 0 Å². The van der Waals surface area contributed by atoms with Gasteiger partial charge in [-0.15, -0.1) is 11.8 Å². The highest BCUT2D eigenvalue weighted by Gasteiger charge is 2.15. The van der Waals surface area contributed by atoms with E-state index in [4.69, 9.17) is 0 Å². The fourth-order valence-electron chi connectivity index (χ4n) is 2.03. The summed E-state index contributed by atoms with van der Waals surface area (Å²) in [6.45, 7) is 4.22. The van der Waals surface area contributed by atoms with Crippen molar-refractivity contribution in [2.24, 2.45) is 0 Å². The van der Waals surface area contributed by atoms with Crippen LogP contribution in [-0.4, -0.2) is 16.6 Å². The van der Waals surface area contributed by atoms with Crippen molar-refractivity contribution in [3.63, 3.8) is 0 Å². The zero-order valence-electron chi connectivity index (χ0n) is 13.3. The molecule has 0 radical (unpaired) electrons. The predicted octanol–water partition coefficient (Wildman–Crippen LogP) is 4.59. The standard InChI is InChI=1S/C17H17FN2O3S/c1-11(2)12-3-6-14(7-4-12)24-10-17(21)19-13-5-8-15(18)16(9-13)20(22)23/h3-9,11H,10H2,1-2H3,(H,19,21). The van der Waals surface area contributed by atoms with Crippen molar-refractivity contribution in [1.29, 1.82) is 0 Å². The molecule has 0 unspecified atom stereocenters. The van der Waals surface area contributed by atoms with E-state index in [1.54, 1.807) is 0 Å². The van der Waals surface area contributed by atoms with E-state index in [-0.39, 0.29) is 17.3 Å². The van der Waals surface area contributed by atoms with E-state index in [1.807, 2.05) is 24.3 Å². The summed E-state index contributed by atoms with van der Waals surface area (Å²) in [4.78, 5) is 22.8. The number of nitro groups is 1. The highest BCUT2D eigenvalue weighted by Crippen LogP contribution is 2.24. The predicted molar refractivity (Wildman–Crippen MR) is 92.9 cm³/mol. The van der Waals surface area contributed by atoms with Crippen molar-refractivity contribution in [3.8, 4) is 0 Å². The molecule has 0 aromatic heterocycles. The molecule has 2 aromatic rings. The van der Waals surface area contributed by atoms with Crippen LogP contribution in [0.4, 0.5) is 15.8 Å². The summed E-state index contributed by atoms with van der Waals surface area (Å²) < 4.78 is 13.3. The minimum absolute atomic E-state index is 0.159. The summed E-state index contributed by atoms with van der Waals surface area (Å²) in [6.07, 6.45) is 0. The Morgan fingerprint density at radius 1 is 1.25 bits per heavy atom. The summed E-state index contributed by atoms with van der Waals surface area (Å²) in [5, 5.41) is 13.2. The molecule has 0 aliphatic heterocycles. The van der Waals surface area contributed by atoms with Gasteiger partial charge in [-0.05, 0) is 35.7 Å². The lowest BCUT2D eigenvalue weighted by Gasteiger charge is -2.07. The summed E-state index contributed by atoms with van der Waals surface area (Å²) >= 11 is 1.36. The van der Waals surface area contributed by atoms with Crippen LogP contribution in [0.15, 0.2) is 47.4 Å². The van der Waals surface area contributed by atoms with Crippen molar-refractivity contribution in [2.75, 3.05) is 11.1 Å². The van der Waals surface area contributed by atoms with Gasteiger partial charge in [-0.1, -0.05) is 26.0 Å². The largest absolute Gasteiger partial charge is 0.325 e. The first-order chi connectivity index (χ1) is 11.4. The van der Waals surface area contributed by atoms with Gasteiger partial charge in [-0.25, -0.2) is 0 Å². The first-order valence-electron chi connectivity index (χ1n) is 7.33. The number of thioether (sulfide) groups is 1. The Morgan fingerprint density at radius 3 is 2.50 bits per heavy atom. The second-order valence-corrected chi connectivity index (χ2v) is 6.53. The van der Waals surface area contributed by atoms with Crippen LogP contribution in [0.2, 0.25) is 0 Å². The van der Waals surface area contributed by atoms with Gasteiger partial charge in [-0.2, -0.15) is 4.39 Å². The number of nitro benzene ring substituents is 1. The van der Waals surface area contributed by atoms with E-state index in [9.17, 15) is 19.3 Å². The zero-order valence-corrected chi connectivity index (χ0v) is 14.1. The first-order valence-corrected chi connectivity index (χ1v) is 8.32. The van der Waals surface area contributed by atoms with Gasteiger partial charge in [0.05, 0.1) is 10.7 Å². The number of amides is 1. The van der Waals surface area contributed by atoms with Crippen LogP contribution in [0.1, 0.15) is 25.3 Å². The lowest BCUT2D eigenvalue weighted by Crippen LogP contribution is -2.14. The van der Waals surface area contributed by atoms with Crippen LogP contribution in [0.25, 0.3) is 0 Å². The van der Waals surface area contributed by atoms with Gasteiger partial charge in [0, 0.05) is 16.6 Å². The molecular formula is C17H17FN2O3S. The molecule has 1 amide bonds. The second-order valence-electron chi connectivity index (χ2n) is 5.48. The van der Waals surface area contributed by atoms with Gasteiger partial charge in [0.2, 0.25) is 11.7 Å². The number of rotatable bonds is 6. The average Bonchev–Trinajstić information content (AvgIpc) is 2.55. The third-order valence-electron chi connectivity index (χ3n) is 3.34. The zero-order chi connectivity index (χ0) is 17.7. The first kappa shape index (κ1) is 17.9. The molecule has 0 spiro atoms. The van der Waals surface area contributed by atoms with Gasteiger partial charge < -0.3 is 5.32 Å². The van der Waals surface area contributed by atoms with Crippen molar-refractivity contribution >= 4 is 29.0 Å². The lowest BCUT2D eigenvalue weighted by molar-refractivity contribution is -0.387. The molecule has 0 heterocycles. The van der Waals surface area contributed by atoms with Crippen LogP contribution in [0.5, 0.6) is 0 Å². The molecule has 5 nitrogen and oxygen atoms in total. The van der Waals surface area contributed by atoms with E-state index in [2.05, 4.69) is 19.2 Å². The Kier molecular flexibility index (Phi) is 5.92. The molecule has 1 N–H and O–H groups in total. The van der Waals surface area contributed by atoms with Crippen LogP contribution in [0, 0.1) is 15.9 Å². The molecule has 24 heavy (non-hydrogen) atoms. The Bertz CT molecular complexity index is 748. The van der Waals surface area contributed by atoms with Crippen LogP contribution < -0.4 is 5.32 Å². The molecular weight excluding hydrogens is 331 g/mol. The molecule has 7 heteroatoms. The lowest BCUT2D eigenvalue weighted by atomic mass is 10.0. The van der Waals surface area contributed by atoms with Crippen molar-refractivity contribution in [1.82, 2.24) is 0 Å². The fourth-order valence-corrected chi connectivity index (χ4v) is 2.72. The SMILES string of the molecule is CC(C)c1ccc(SCC(=O)Nc2ccc(F)c([N+](=O)[O-])c2)cc1. The van der Waals surface area contributed by atoms with E-state index in [1.165, 1.54) is 23.4 Å². The minimum Gasteiger partial charge on any atom is -0.325 e. The summed E-state index contributed by atoms with van der Waals surface area (Å²) in [5.41, 5.74) is 0.760. The number of carbonyl (C=O) groups is 1. The van der Waals surface area contributed by atoms with Crippen molar-refractivity contribution in [2.45, 2.75) is 24.7 Å². The molecule has 0 saturated carbocycles. The van der Waals surface area contributed by atoms with E-state index in [0.29, 0.717) is 5.92 Å². The molecule has 2 aromatic carbocycles. The van der Waals surface area contributed by atoms with E-state index < -0.39 is 16.4 Å². The highest BCUT2D eigenvalue weighted by molar-refractivity contribution is 8.00. The van der Waals surface area contributed by atoms with Gasteiger partial charge >= 0.3 is 5.69 Å². The summed E-state index contributed by atoms with van der Waals surface area (Å²) in [5.74, 6) is -0.639. The molecule has 0 saturated heterocycles. The van der Waals surface area contributed by atoms with Gasteiger partial charge in [0.25, 0.3) is 0 Å². The number of anilines is 1. The topological polar surface area (TPSA) is 72.2 Å². The molecule has 0 aliphatic carbocycles. The summed E-state index contributed by atoms with van der Waals surface area (Å²) in [7, 11) is 0. The van der Waals surface area contributed by atoms with Crippen molar-refractivity contribution in [3.05, 3.63) is 64.0 Å². The maximum Gasteiger partial charge on any atom is 0.306 e. The van der Waals surface area contributed by atoms with Gasteiger partial charge in [0.15, 0.2) is 0 Å². The number of nitrogens with one attached hydrogen (secondary N) is 1. The molecule has 0 atom stereocenters. The highest BCUT2D eigenvalue weighted by atomic mass is 32.2. The minimum atomic E-state index is -0.933. The monoisotopic (exact) mass is 348 g/mol. The molecule has 2 rings (SSSR count). The third-order valence-corrected chi connectivity index (χ3v) is 4.36. The van der Waals surface area contributed by atoms with E-state index >= 15 is 0 Å². The third kappa shape index (κ3) is 4.79. The van der Waals surface area contributed by atoms with Gasteiger partial charge in [-0.3, -0.25) is 14.9 Å². The maximum atomic E-state index is 13.3. The van der Waals surface area contributed by atoms with Crippen LogP contribution in [-0.2, 0) is 4.79 Å². The number of halogens is 1. The maximum absolute atomic E-state index is 13.3. The average molecular weight is 348 g/mol. The smallest absolute Gasteiger partial charge is 0.306 e. The molecule has 0 bridgehead atoms. The van der Waals surface area contributed by atoms with E-state index in [0.717, 1.165) is 17.0 Å². The quantitative estimate of drug-likeness (QED) is 0.471. The number of carbonyl (C=O) groups excluding carboxylic acids is 1. The number of benzene rings is 2. The Labute approximate surface area is 143 Å². The number of hydrogen-bond donors (Lipinski definition) is 1. The number of hydrogen-bond acceptors (Lipinski definition) is 4. The number of nitrogens with zero attached hydrogens (tertiary/aromatic N) is 1. The van der Waals surface area contributed by atoms with Gasteiger partial charge in [0.1, 0.15) is 0 Å². The van der Waals surface area contributed by atoms with Crippen LogP contribution >= 0.6 is 11.8 Å². The second kappa shape index (κ2) is 7.92. The molecule has 126 valence electrons. The Morgan fingerprint density at radius 2 is 1.92 bits per heavy atom. The summed E-state index contributed by atoms with van der Waals surface area (Å²) in [6, 6.07) is 11.2. The molecule has 0 aliphatic rings. The Hall–Kier alpha value is -2.41. The Balaban J connectivity index is 1.94. The molecule has 0 fully saturated rings.